The molecule has 0 saturated carbocycles. The van der Waals surface area contributed by atoms with Gasteiger partial charge in [-0.1, -0.05) is 18.2 Å². The van der Waals surface area contributed by atoms with Crippen LogP contribution < -0.4 is 5.73 Å². The van der Waals surface area contributed by atoms with E-state index in [4.69, 9.17) is 17.3 Å². The van der Waals surface area contributed by atoms with Crippen LogP contribution >= 0.6 is 11.6 Å². The molecular formula is C4H6ClN3. The average Bonchev–Trinajstić information content (AvgIpc) is 1.65. The Labute approximate surface area is 52.6 Å². The van der Waals surface area contributed by atoms with E-state index in [1.54, 1.807) is 0 Å². The van der Waals surface area contributed by atoms with E-state index in [0.29, 0.717) is 0 Å². The molecule has 0 aromatic heterocycles. The summed E-state index contributed by atoms with van der Waals surface area (Å²) in [6.45, 7) is 6.36. The van der Waals surface area contributed by atoms with Crippen LogP contribution in [0.2, 0.25) is 0 Å². The predicted molar refractivity (Wildman–Crippen MR) is 36.2 cm³/mol. The van der Waals surface area contributed by atoms with Crippen LogP contribution in [-0.2, 0) is 0 Å². The molecule has 0 aliphatic carbocycles. The molecular weight excluding hydrogens is 126 g/mol. The van der Waals surface area contributed by atoms with Crippen LogP contribution in [0.1, 0.15) is 0 Å². The Balaban J connectivity index is 3.94. The van der Waals surface area contributed by atoms with Gasteiger partial charge >= 0.3 is 0 Å². The molecule has 0 aliphatic heterocycles. The fourth-order valence-corrected chi connectivity index (χ4v) is 0.246. The van der Waals surface area contributed by atoms with Crippen molar-refractivity contribution in [1.29, 1.82) is 0 Å². The highest BCUT2D eigenvalue weighted by atomic mass is 35.5. The van der Waals surface area contributed by atoms with Crippen LogP contribution in [-0.4, -0.2) is 12.7 Å². The fourth-order valence-electron chi connectivity index (χ4n) is 0.160. The number of halogens is 1. The lowest BCUT2D eigenvalue weighted by Crippen LogP contribution is -2.06. The molecule has 0 bridgehead atoms. The first-order chi connectivity index (χ1) is 3.66. The molecule has 0 aliphatic rings. The molecule has 8 heavy (non-hydrogen) atoms. The highest BCUT2D eigenvalue weighted by Crippen LogP contribution is 1.96. The van der Waals surface area contributed by atoms with Crippen LogP contribution in [0.4, 0.5) is 0 Å². The standard InChI is InChI=1S/C4H6ClN3/c1-3(5)8-4(6)7-2/h1-2H2,(H2,6,8). The first-order valence-electron chi connectivity index (χ1n) is 1.82. The molecule has 2 N–H and O–H groups in total. The Hall–Kier alpha value is -0.830. The first-order valence-corrected chi connectivity index (χ1v) is 2.20. The summed E-state index contributed by atoms with van der Waals surface area (Å²) in [5, 5.41) is 0.106. The lowest BCUT2D eigenvalue weighted by atomic mass is 10.9. The molecule has 0 saturated heterocycles. The zero-order chi connectivity index (χ0) is 6.57. The quantitative estimate of drug-likeness (QED) is 0.318. The van der Waals surface area contributed by atoms with E-state index in [0.717, 1.165) is 0 Å². The van der Waals surface area contributed by atoms with Crippen LogP contribution in [0.25, 0.3) is 0 Å². The van der Waals surface area contributed by atoms with Crippen molar-refractivity contribution in [3.63, 3.8) is 0 Å². The van der Waals surface area contributed by atoms with Crippen molar-refractivity contribution in [3.05, 3.63) is 11.7 Å². The third-order valence-corrected chi connectivity index (χ3v) is 0.482. The van der Waals surface area contributed by atoms with Crippen molar-refractivity contribution in [2.75, 3.05) is 0 Å². The summed E-state index contributed by atoms with van der Waals surface area (Å²) in [4.78, 5) is 6.69. The Morgan fingerprint density at radius 3 is 2.25 bits per heavy atom. The molecule has 0 spiro atoms. The monoisotopic (exact) mass is 131 g/mol. The third kappa shape index (κ3) is 3.36. The minimum atomic E-state index is 0.0324. The SMILES string of the molecule is C=NC(N)=NC(=C)Cl. The fraction of sp³-hybridized carbons (Fsp3) is 0. The lowest BCUT2D eigenvalue weighted by Gasteiger charge is -1.85. The molecule has 0 fully saturated rings. The van der Waals surface area contributed by atoms with Crippen LogP contribution in [0.5, 0.6) is 0 Å². The summed E-state index contributed by atoms with van der Waals surface area (Å²) in [6, 6.07) is 0. The van der Waals surface area contributed by atoms with E-state index in [-0.39, 0.29) is 11.1 Å². The van der Waals surface area contributed by atoms with Gasteiger partial charge in [0.2, 0.25) is 5.96 Å². The van der Waals surface area contributed by atoms with Crippen LogP contribution in [0.3, 0.4) is 0 Å². The summed E-state index contributed by atoms with van der Waals surface area (Å²) in [7, 11) is 0. The van der Waals surface area contributed by atoms with Crippen LogP contribution in [0, 0.1) is 0 Å². The Morgan fingerprint density at radius 2 is 2.12 bits per heavy atom. The van der Waals surface area contributed by atoms with Crippen molar-refractivity contribution in [2.24, 2.45) is 15.7 Å². The largest absolute Gasteiger partial charge is 0.368 e. The van der Waals surface area contributed by atoms with Gasteiger partial charge in [0.1, 0.15) is 5.16 Å². The van der Waals surface area contributed by atoms with E-state index in [1.165, 1.54) is 0 Å². The van der Waals surface area contributed by atoms with Gasteiger partial charge in [-0.3, -0.25) is 0 Å². The average molecular weight is 132 g/mol. The zero-order valence-corrected chi connectivity index (χ0v) is 5.02. The second-order valence-electron chi connectivity index (χ2n) is 1.00. The minimum absolute atomic E-state index is 0.0324. The van der Waals surface area contributed by atoms with Gasteiger partial charge in [-0.05, 0) is 6.72 Å². The lowest BCUT2D eigenvalue weighted by molar-refractivity contribution is 1.42. The van der Waals surface area contributed by atoms with Crippen molar-refractivity contribution >= 4 is 24.3 Å². The molecule has 0 amide bonds. The molecule has 0 unspecified atom stereocenters. The van der Waals surface area contributed by atoms with Crippen molar-refractivity contribution in [1.82, 2.24) is 0 Å². The van der Waals surface area contributed by atoms with Gasteiger partial charge in [0.15, 0.2) is 0 Å². The van der Waals surface area contributed by atoms with E-state index < -0.39 is 0 Å². The summed E-state index contributed by atoms with van der Waals surface area (Å²) < 4.78 is 0. The van der Waals surface area contributed by atoms with Crippen LogP contribution in [0.15, 0.2) is 21.7 Å². The normalized spacial score (nSPS) is 10.9. The van der Waals surface area contributed by atoms with Gasteiger partial charge in [0.25, 0.3) is 0 Å². The highest BCUT2D eigenvalue weighted by molar-refractivity contribution is 6.29. The number of hydrogen-bond donors (Lipinski definition) is 1. The highest BCUT2D eigenvalue weighted by Gasteiger charge is 1.81. The van der Waals surface area contributed by atoms with Gasteiger partial charge < -0.3 is 5.73 Å². The predicted octanol–water partition coefficient (Wildman–Crippen LogP) is 0.712. The molecule has 0 radical (unpaired) electrons. The van der Waals surface area contributed by atoms with E-state index in [1.807, 2.05) is 0 Å². The van der Waals surface area contributed by atoms with Gasteiger partial charge in [-0.15, -0.1) is 0 Å². The number of aliphatic imine (C=N–C) groups is 2. The minimum Gasteiger partial charge on any atom is -0.368 e. The number of rotatable bonds is 1. The topological polar surface area (TPSA) is 50.7 Å². The number of hydrogen-bond acceptors (Lipinski definition) is 1. The maximum absolute atomic E-state index is 5.20. The van der Waals surface area contributed by atoms with Gasteiger partial charge in [0.05, 0.1) is 0 Å². The molecule has 0 atom stereocenters. The second kappa shape index (κ2) is 3.21. The van der Waals surface area contributed by atoms with Gasteiger partial charge in [-0.25, -0.2) is 9.98 Å². The number of nitrogens with zero attached hydrogens (tertiary/aromatic N) is 2. The Bertz CT molecular complexity index is 138. The summed E-state index contributed by atoms with van der Waals surface area (Å²) >= 11 is 5.20. The number of nitrogens with two attached hydrogens (primary N) is 1. The Morgan fingerprint density at radius 1 is 1.62 bits per heavy atom. The smallest absolute Gasteiger partial charge is 0.220 e. The van der Waals surface area contributed by atoms with E-state index in [9.17, 15) is 0 Å². The van der Waals surface area contributed by atoms with E-state index in [2.05, 4.69) is 23.3 Å². The summed E-state index contributed by atoms with van der Waals surface area (Å²) in [5.74, 6) is 0.0324. The molecule has 0 aromatic rings. The van der Waals surface area contributed by atoms with Crippen molar-refractivity contribution in [3.8, 4) is 0 Å². The summed E-state index contributed by atoms with van der Waals surface area (Å²) in [6.07, 6.45) is 0. The molecule has 4 heteroatoms. The van der Waals surface area contributed by atoms with Crippen molar-refractivity contribution in [2.45, 2.75) is 0 Å². The molecule has 0 rings (SSSR count). The second-order valence-corrected chi connectivity index (χ2v) is 1.44. The maximum Gasteiger partial charge on any atom is 0.220 e. The van der Waals surface area contributed by atoms with E-state index >= 15 is 0 Å². The van der Waals surface area contributed by atoms with Gasteiger partial charge in [0, 0.05) is 0 Å². The Kier molecular flexibility index (Phi) is 2.88. The maximum atomic E-state index is 5.20. The molecule has 3 nitrogen and oxygen atoms in total. The first kappa shape index (κ1) is 7.17. The van der Waals surface area contributed by atoms with Crippen molar-refractivity contribution < 1.29 is 0 Å². The zero-order valence-electron chi connectivity index (χ0n) is 4.26. The number of guanidine groups is 1. The van der Waals surface area contributed by atoms with Gasteiger partial charge in [-0.2, -0.15) is 0 Å². The summed E-state index contributed by atoms with van der Waals surface area (Å²) in [5.41, 5.74) is 5.05. The third-order valence-electron chi connectivity index (χ3n) is 0.398. The molecule has 0 aromatic carbocycles. The molecule has 0 heterocycles. The molecule has 44 valence electrons.